The predicted molar refractivity (Wildman–Crippen MR) is 117 cm³/mol. The minimum absolute atomic E-state index is 0.0246. The molecule has 0 amide bonds. The summed E-state index contributed by atoms with van der Waals surface area (Å²) in [4.78, 5) is 10.5. The molecule has 28 heavy (non-hydrogen) atoms. The molecule has 1 aromatic rings. The van der Waals surface area contributed by atoms with E-state index in [0.29, 0.717) is 11.8 Å². The van der Waals surface area contributed by atoms with Crippen LogP contribution in [0.2, 0.25) is 0 Å². The number of benzene rings is 1. The lowest BCUT2D eigenvalue weighted by molar-refractivity contribution is 0.314. The van der Waals surface area contributed by atoms with Crippen LogP contribution in [-0.2, 0) is 0 Å². The van der Waals surface area contributed by atoms with E-state index in [0.717, 1.165) is 49.2 Å². The summed E-state index contributed by atoms with van der Waals surface area (Å²) in [7, 11) is 0. The highest BCUT2D eigenvalue weighted by molar-refractivity contribution is 5.93. The van der Waals surface area contributed by atoms with E-state index in [2.05, 4.69) is 60.5 Å². The fourth-order valence-electron chi connectivity index (χ4n) is 4.39. The summed E-state index contributed by atoms with van der Waals surface area (Å²) < 4.78 is 0. The van der Waals surface area contributed by atoms with Crippen molar-refractivity contribution in [2.24, 2.45) is 16.0 Å². The number of nitrogens with zero attached hydrogens (tertiary/aromatic N) is 5. The Balaban J connectivity index is 2.03. The van der Waals surface area contributed by atoms with E-state index >= 15 is 0 Å². The quantitative estimate of drug-likeness (QED) is 0.146. The first-order valence-corrected chi connectivity index (χ1v) is 10.3. The molecule has 2 aliphatic rings. The Labute approximate surface area is 168 Å². The number of azide groups is 1. The SMILES string of the molecule is C=C(C)[C@@H]1CC=C(C(C(N=[N+]=[N-])=Nc2c(C)cccc2C)N2CCCC2)CC1. The lowest BCUT2D eigenvalue weighted by Crippen LogP contribution is -2.40. The Bertz CT molecular complexity index is 818. The molecule has 0 spiro atoms. The normalized spacial score (nSPS) is 21.8. The van der Waals surface area contributed by atoms with Gasteiger partial charge in [0.05, 0.1) is 11.7 Å². The summed E-state index contributed by atoms with van der Waals surface area (Å²) in [6.07, 6.45) is 7.85. The minimum Gasteiger partial charge on any atom is -0.291 e. The number of hydrogen-bond donors (Lipinski definition) is 0. The maximum Gasteiger partial charge on any atom is 0.126 e. The van der Waals surface area contributed by atoms with Gasteiger partial charge < -0.3 is 0 Å². The van der Waals surface area contributed by atoms with E-state index in [-0.39, 0.29) is 6.04 Å². The Morgan fingerprint density at radius 2 is 1.93 bits per heavy atom. The van der Waals surface area contributed by atoms with Gasteiger partial charge >= 0.3 is 0 Å². The molecule has 1 aliphatic heterocycles. The van der Waals surface area contributed by atoms with Gasteiger partial charge in [0.1, 0.15) is 5.84 Å². The van der Waals surface area contributed by atoms with Gasteiger partial charge in [-0.25, -0.2) is 4.99 Å². The van der Waals surface area contributed by atoms with Gasteiger partial charge in [0.2, 0.25) is 0 Å². The molecule has 2 atom stereocenters. The van der Waals surface area contributed by atoms with E-state index in [1.165, 1.54) is 24.0 Å². The third-order valence-corrected chi connectivity index (χ3v) is 6.06. The summed E-state index contributed by atoms with van der Waals surface area (Å²) in [5.74, 6) is 1.14. The van der Waals surface area contributed by atoms with Crippen molar-refractivity contribution < 1.29 is 0 Å². The molecule has 5 heteroatoms. The van der Waals surface area contributed by atoms with Gasteiger partial charge in [-0.3, -0.25) is 4.90 Å². The minimum atomic E-state index is -0.0246. The molecule has 1 unspecified atom stereocenters. The van der Waals surface area contributed by atoms with Gasteiger partial charge in [-0.2, -0.15) is 0 Å². The Morgan fingerprint density at radius 1 is 1.25 bits per heavy atom. The van der Waals surface area contributed by atoms with Crippen molar-refractivity contribution in [1.82, 2.24) is 4.90 Å². The number of likely N-dealkylation sites (tertiary alicyclic amines) is 1. The molecule has 1 aliphatic carbocycles. The first-order valence-electron chi connectivity index (χ1n) is 10.3. The average Bonchev–Trinajstić information content (AvgIpc) is 3.19. The first-order chi connectivity index (χ1) is 13.5. The van der Waals surface area contributed by atoms with Crippen LogP contribution >= 0.6 is 0 Å². The van der Waals surface area contributed by atoms with Crippen molar-refractivity contribution >= 4 is 11.5 Å². The van der Waals surface area contributed by atoms with E-state index in [4.69, 9.17) is 4.99 Å². The number of rotatable bonds is 5. The number of para-hydroxylation sites is 1. The summed E-state index contributed by atoms with van der Waals surface area (Å²) in [6, 6.07) is 6.13. The van der Waals surface area contributed by atoms with E-state index in [9.17, 15) is 5.53 Å². The second-order valence-electron chi connectivity index (χ2n) is 8.14. The topological polar surface area (TPSA) is 64.4 Å². The summed E-state index contributed by atoms with van der Waals surface area (Å²) >= 11 is 0. The van der Waals surface area contributed by atoms with E-state index in [1.807, 2.05) is 6.07 Å². The molecular formula is C23H31N5. The molecule has 1 heterocycles. The van der Waals surface area contributed by atoms with Crippen LogP contribution in [0, 0.1) is 19.8 Å². The second kappa shape index (κ2) is 9.22. The monoisotopic (exact) mass is 377 g/mol. The summed E-state index contributed by atoms with van der Waals surface area (Å²) in [5.41, 5.74) is 15.0. The van der Waals surface area contributed by atoms with Gasteiger partial charge in [-0.15, -0.1) is 0 Å². The average molecular weight is 378 g/mol. The molecule has 0 radical (unpaired) electrons. The van der Waals surface area contributed by atoms with Crippen molar-refractivity contribution in [2.45, 2.75) is 58.9 Å². The van der Waals surface area contributed by atoms with Crippen LogP contribution in [0.4, 0.5) is 5.69 Å². The lowest BCUT2D eigenvalue weighted by Gasteiger charge is -2.33. The van der Waals surface area contributed by atoms with Gasteiger partial charge in [0, 0.05) is 4.91 Å². The Hall–Kier alpha value is -2.36. The molecule has 1 saturated heterocycles. The fourth-order valence-corrected chi connectivity index (χ4v) is 4.39. The highest BCUT2D eigenvalue weighted by atomic mass is 15.3. The molecule has 0 N–H and O–H groups in total. The molecule has 0 bridgehead atoms. The second-order valence-corrected chi connectivity index (χ2v) is 8.14. The predicted octanol–water partition coefficient (Wildman–Crippen LogP) is 6.41. The van der Waals surface area contributed by atoms with Crippen LogP contribution in [0.25, 0.3) is 10.4 Å². The first kappa shape index (κ1) is 20.4. The van der Waals surface area contributed by atoms with Crippen molar-refractivity contribution in [3.05, 3.63) is 63.6 Å². The molecule has 1 fully saturated rings. The van der Waals surface area contributed by atoms with Crippen molar-refractivity contribution in [2.75, 3.05) is 13.1 Å². The maximum absolute atomic E-state index is 9.29. The molecule has 3 rings (SSSR count). The fraction of sp³-hybridized carbons (Fsp3) is 0.522. The highest BCUT2D eigenvalue weighted by Crippen LogP contribution is 2.34. The smallest absolute Gasteiger partial charge is 0.126 e. The zero-order valence-corrected chi connectivity index (χ0v) is 17.4. The number of amidine groups is 1. The Morgan fingerprint density at radius 3 is 2.46 bits per heavy atom. The van der Waals surface area contributed by atoms with Crippen molar-refractivity contribution in [3.63, 3.8) is 0 Å². The number of aliphatic imine (C=N–C) groups is 1. The largest absolute Gasteiger partial charge is 0.291 e. The van der Waals surface area contributed by atoms with Crippen LogP contribution in [0.3, 0.4) is 0 Å². The van der Waals surface area contributed by atoms with Crippen molar-refractivity contribution in [3.8, 4) is 0 Å². The zero-order chi connectivity index (χ0) is 20.1. The van der Waals surface area contributed by atoms with E-state index in [1.54, 1.807) is 0 Å². The van der Waals surface area contributed by atoms with Gasteiger partial charge in [0.15, 0.2) is 0 Å². The van der Waals surface area contributed by atoms with E-state index < -0.39 is 0 Å². The van der Waals surface area contributed by atoms with Gasteiger partial charge in [0.25, 0.3) is 0 Å². The Kier molecular flexibility index (Phi) is 6.71. The standard InChI is InChI=1S/C23H31N5/c1-16(2)19-10-12-20(13-11-19)22(28-14-5-6-15-28)23(26-27-24)25-21-17(3)8-7-9-18(21)4/h7-9,12,19,22H,1,5-6,10-11,13-15H2,2-4H3/t19-,22?/m1/s1. The molecule has 1 aromatic carbocycles. The lowest BCUT2D eigenvalue weighted by atomic mass is 9.82. The third kappa shape index (κ3) is 4.54. The van der Waals surface area contributed by atoms with Crippen LogP contribution in [-0.4, -0.2) is 29.9 Å². The van der Waals surface area contributed by atoms with Gasteiger partial charge in [-0.05, 0) is 93.7 Å². The molecule has 0 saturated carbocycles. The van der Waals surface area contributed by atoms with Crippen LogP contribution in [0.5, 0.6) is 0 Å². The molecule has 0 aromatic heterocycles. The summed E-state index contributed by atoms with van der Waals surface area (Å²) in [5, 5.41) is 4.11. The molecular weight excluding hydrogens is 346 g/mol. The van der Waals surface area contributed by atoms with Crippen LogP contribution < -0.4 is 0 Å². The van der Waals surface area contributed by atoms with Crippen molar-refractivity contribution in [1.29, 1.82) is 0 Å². The van der Waals surface area contributed by atoms with Gasteiger partial charge in [-0.1, -0.05) is 42.0 Å². The maximum atomic E-state index is 9.29. The summed E-state index contributed by atoms with van der Waals surface area (Å²) in [6.45, 7) is 12.4. The number of hydrogen-bond acceptors (Lipinski definition) is 2. The molecule has 5 nitrogen and oxygen atoms in total. The number of aryl methyl sites for hydroxylation is 2. The van der Waals surface area contributed by atoms with Crippen LogP contribution in [0.1, 0.15) is 50.2 Å². The number of allylic oxidation sites excluding steroid dienone is 2. The highest BCUT2D eigenvalue weighted by Gasteiger charge is 2.31. The molecule has 148 valence electrons. The zero-order valence-electron chi connectivity index (χ0n) is 17.4. The van der Waals surface area contributed by atoms with Crippen LogP contribution in [0.15, 0.2) is 52.1 Å². The third-order valence-electron chi connectivity index (χ3n) is 6.06.